The number of hydrogen-bond acceptors (Lipinski definition) is 7. The molecule has 2 rings (SSSR count). The van der Waals surface area contributed by atoms with Crippen molar-refractivity contribution in [2.24, 2.45) is 0 Å². The summed E-state index contributed by atoms with van der Waals surface area (Å²) in [6.45, 7) is 6.43. The van der Waals surface area contributed by atoms with E-state index in [2.05, 4.69) is 5.32 Å². The maximum Gasteiger partial charge on any atom is 0.408 e. The zero-order valence-corrected chi connectivity index (χ0v) is 19.0. The number of alkyl carbamates (subject to hydrolysis) is 1. The molecule has 178 valence electrons. The Kier molecular flexibility index (Phi) is 7.92. The van der Waals surface area contributed by atoms with Gasteiger partial charge in [0.2, 0.25) is 0 Å². The van der Waals surface area contributed by atoms with Crippen molar-refractivity contribution in [1.82, 2.24) is 5.32 Å². The van der Waals surface area contributed by atoms with Gasteiger partial charge in [0.1, 0.15) is 17.2 Å². The molecule has 0 radical (unpaired) electrons. The number of carbonyl (C=O) groups is 3. The summed E-state index contributed by atoms with van der Waals surface area (Å²) in [6.07, 6.45) is -2.44. The second kappa shape index (κ2) is 10.2. The van der Waals surface area contributed by atoms with Crippen molar-refractivity contribution in [3.05, 3.63) is 59.7 Å². The van der Waals surface area contributed by atoms with E-state index in [1.165, 1.54) is 25.1 Å². The summed E-state index contributed by atoms with van der Waals surface area (Å²) in [6, 6.07) is 12.1. The second-order valence-corrected chi connectivity index (χ2v) is 8.80. The largest absolute Gasteiger partial charge is 0.504 e. The van der Waals surface area contributed by atoms with E-state index < -0.39 is 41.0 Å². The predicted molar refractivity (Wildman–Crippen MR) is 119 cm³/mol. The van der Waals surface area contributed by atoms with Gasteiger partial charge in [-0.1, -0.05) is 24.3 Å². The number of amides is 1. The van der Waals surface area contributed by atoms with Gasteiger partial charge in [0.25, 0.3) is 0 Å². The molecule has 0 aromatic heterocycles. The van der Waals surface area contributed by atoms with Gasteiger partial charge in [-0.2, -0.15) is 0 Å². The Balaban J connectivity index is 2.33. The molecule has 0 spiro atoms. The van der Waals surface area contributed by atoms with Crippen molar-refractivity contribution in [1.29, 1.82) is 0 Å². The molecule has 0 heterocycles. The summed E-state index contributed by atoms with van der Waals surface area (Å²) in [5.74, 6) is -2.83. The lowest BCUT2D eigenvalue weighted by Crippen LogP contribution is -2.58. The number of nitrogens with one attached hydrogen (secondary N) is 1. The number of aromatic hydroxyl groups is 2. The fraction of sp³-hybridized carbons (Fsp3) is 0.375. The van der Waals surface area contributed by atoms with Crippen molar-refractivity contribution in [2.75, 3.05) is 0 Å². The fourth-order valence-electron chi connectivity index (χ4n) is 3.27. The molecule has 2 aromatic rings. The van der Waals surface area contributed by atoms with Crippen molar-refractivity contribution < 1.29 is 39.2 Å². The van der Waals surface area contributed by atoms with E-state index in [-0.39, 0.29) is 18.6 Å². The van der Waals surface area contributed by atoms with Crippen LogP contribution in [0.15, 0.2) is 48.5 Å². The average Bonchev–Trinajstić information content (AvgIpc) is 2.69. The Bertz CT molecular complexity index is 999. The number of carboxylic acid groups (broad SMARTS) is 1. The predicted octanol–water partition coefficient (Wildman–Crippen LogP) is 3.62. The van der Waals surface area contributed by atoms with Gasteiger partial charge in [0.15, 0.2) is 11.5 Å². The highest BCUT2D eigenvalue weighted by Crippen LogP contribution is 2.29. The third-order valence-corrected chi connectivity index (χ3v) is 4.65. The van der Waals surface area contributed by atoms with Gasteiger partial charge in [-0.25, -0.2) is 14.4 Å². The molecule has 9 heteroatoms. The molecule has 2 atom stereocenters. The van der Waals surface area contributed by atoms with Gasteiger partial charge in [-0.3, -0.25) is 0 Å². The molecule has 0 saturated heterocycles. The summed E-state index contributed by atoms with van der Waals surface area (Å²) >= 11 is 0. The smallest absolute Gasteiger partial charge is 0.408 e. The highest BCUT2D eigenvalue weighted by molar-refractivity contribution is 5.89. The minimum Gasteiger partial charge on any atom is -0.504 e. The topological polar surface area (TPSA) is 142 Å². The molecular formula is C24H29NO8. The first kappa shape index (κ1) is 25.5. The van der Waals surface area contributed by atoms with Crippen LogP contribution in [0.2, 0.25) is 0 Å². The summed E-state index contributed by atoms with van der Waals surface area (Å²) < 4.78 is 10.7. The molecule has 0 saturated carbocycles. The van der Waals surface area contributed by atoms with Gasteiger partial charge in [-0.15, -0.1) is 0 Å². The molecule has 1 amide bonds. The SMILES string of the molecule is CC(CC(Cc1ccc(O)c(O)c1)(NC(=O)OC(C)(C)C)C(=O)O)OC(=O)c1ccccc1. The number of ether oxygens (including phenoxy) is 2. The number of aliphatic carboxylic acids is 1. The molecule has 0 bridgehead atoms. The monoisotopic (exact) mass is 459 g/mol. The number of carbonyl (C=O) groups excluding carboxylic acids is 2. The van der Waals surface area contributed by atoms with Crippen molar-refractivity contribution >= 4 is 18.0 Å². The average molecular weight is 459 g/mol. The van der Waals surface area contributed by atoms with E-state index in [9.17, 15) is 29.7 Å². The van der Waals surface area contributed by atoms with Crippen LogP contribution in [0.5, 0.6) is 11.5 Å². The van der Waals surface area contributed by atoms with Crippen LogP contribution >= 0.6 is 0 Å². The lowest BCUT2D eigenvalue weighted by atomic mass is 9.85. The van der Waals surface area contributed by atoms with Crippen LogP contribution in [0.1, 0.15) is 50.0 Å². The van der Waals surface area contributed by atoms with Gasteiger partial charge in [0.05, 0.1) is 5.56 Å². The van der Waals surface area contributed by atoms with Gasteiger partial charge in [0, 0.05) is 12.8 Å². The molecule has 33 heavy (non-hydrogen) atoms. The molecule has 2 unspecified atom stereocenters. The van der Waals surface area contributed by atoms with Crippen LogP contribution in [-0.4, -0.2) is 50.6 Å². The number of rotatable bonds is 8. The maximum absolute atomic E-state index is 12.5. The number of hydrogen-bond donors (Lipinski definition) is 4. The van der Waals surface area contributed by atoms with Crippen LogP contribution < -0.4 is 5.32 Å². The standard InChI is InChI=1S/C24H29NO8/c1-15(32-20(28)17-8-6-5-7-9-17)13-24(21(29)30,25-22(31)33-23(2,3)4)14-16-10-11-18(26)19(27)12-16/h5-12,15,26-27H,13-14H2,1-4H3,(H,25,31)(H,29,30). The summed E-state index contributed by atoms with van der Waals surface area (Å²) in [5.41, 5.74) is -2.20. The Morgan fingerprint density at radius 3 is 2.18 bits per heavy atom. The normalized spacial score (nSPS) is 13.9. The van der Waals surface area contributed by atoms with Crippen molar-refractivity contribution in [2.45, 2.75) is 57.8 Å². The Labute approximate surface area is 192 Å². The Morgan fingerprint density at radius 1 is 1.00 bits per heavy atom. The number of esters is 1. The number of phenolic OH excluding ortho intramolecular Hbond substituents is 2. The summed E-state index contributed by atoms with van der Waals surface area (Å²) in [5, 5.41) is 31.9. The first-order valence-electron chi connectivity index (χ1n) is 10.3. The molecule has 0 aliphatic carbocycles. The lowest BCUT2D eigenvalue weighted by Gasteiger charge is -2.33. The lowest BCUT2D eigenvalue weighted by molar-refractivity contribution is -0.146. The van der Waals surface area contributed by atoms with Crippen LogP contribution in [0, 0.1) is 0 Å². The molecule has 0 fully saturated rings. The highest BCUT2D eigenvalue weighted by atomic mass is 16.6. The molecule has 4 N–H and O–H groups in total. The van der Waals surface area contributed by atoms with Crippen LogP contribution in [-0.2, 0) is 20.7 Å². The maximum atomic E-state index is 12.5. The van der Waals surface area contributed by atoms with E-state index in [1.807, 2.05) is 0 Å². The third kappa shape index (κ3) is 7.41. The zero-order chi connectivity index (χ0) is 24.8. The van der Waals surface area contributed by atoms with Crippen molar-refractivity contribution in [3.63, 3.8) is 0 Å². The highest BCUT2D eigenvalue weighted by Gasteiger charge is 2.43. The minimum atomic E-state index is -1.94. The van der Waals surface area contributed by atoms with Gasteiger partial charge in [-0.05, 0) is 57.5 Å². The van der Waals surface area contributed by atoms with Gasteiger partial charge >= 0.3 is 18.0 Å². The number of carboxylic acids is 1. The fourth-order valence-corrected chi connectivity index (χ4v) is 3.27. The van der Waals surface area contributed by atoms with Crippen molar-refractivity contribution in [3.8, 4) is 11.5 Å². The van der Waals surface area contributed by atoms with E-state index in [1.54, 1.807) is 51.1 Å². The quantitative estimate of drug-likeness (QED) is 0.346. The van der Waals surface area contributed by atoms with E-state index >= 15 is 0 Å². The summed E-state index contributed by atoms with van der Waals surface area (Å²) in [4.78, 5) is 37.4. The third-order valence-electron chi connectivity index (χ3n) is 4.65. The molecule has 0 aliphatic heterocycles. The second-order valence-electron chi connectivity index (χ2n) is 8.80. The number of benzene rings is 2. The zero-order valence-electron chi connectivity index (χ0n) is 19.0. The minimum absolute atomic E-state index is 0.275. The van der Waals surface area contributed by atoms with Crippen LogP contribution in [0.4, 0.5) is 4.79 Å². The van der Waals surface area contributed by atoms with E-state index in [0.717, 1.165) is 0 Å². The Morgan fingerprint density at radius 2 is 1.64 bits per heavy atom. The Hall–Kier alpha value is -3.75. The van der Waals surface area contributed by atoms with Crippen LogP contribution in [0.25, 0.3) is 0 Å². The van der Waals surface area contributed by atoms with Crippen LogP contribution in [0.3, 0.4) is 0 Å². The molecule has 2 aromatic carbocycles. The first-order chi connectivity index (χ1) is 15.3. The molecular weight excluding hydrogens is 430 g/mol. The first-order valence-corrected chi connectivity index (χ1v) is 10.3. The number of phenols is 2. The van der Waals surface area contributed by atoms with E-state index in [4.69, 9.17) is 9.47 Å². The molecule has 9 nitrogen and oxygen atoms in total. The van der Waals surface area contributed by atoms with E-state index in [0.29, 0.717) is 11.1 Å². The molecule has 0 aliphatic rings. The summed E-state index contributed by atoms with van der Waals surface area (Å²) in [7, 11) is 0. The van der Waals surface area contributed by atoms with Gasteiger partial charge < -0.3 is 30.1 Å².